The number of likely N-dealkylation sites (tertiary alicyclic amines) is 1. The van der Waals surface area contributed by atoms with Gasteiger partial charge in [-0.15, -0.1) is 0 Å². The molecule has 1 fully saturated rings. The van der Waals surface area contributed by atoms with Gasteiger partial charge in [-0.05, 0) is 12.8 Å². The molecule has 0 spiro atoms. The first-order valence-corrected chi connectivity index (χ1v) is 4.47. The highest BCUT2D eigenvalue weighted by Gasteiger charge is 2.19. The van der Waals surface area contributed by atoms with Crippen LogP contribution in [0.1, 0.15) is 26.2 Å². The normalized spacial score (nSPS) is 19.2. The van der Waals surface area contributed by atoms with Crippen molar-refractivity contribution < 1.29 is 9.59 Å². The van der Waals surface area contributed by atoms with Gasteiger partial charge >= 0.3 is 0 Å². The van der Waals surface area contributed by atoms with Crippen molar-refractivity contribution in [3.63, 3.8) is 0 Å². The highest BCUT2D eigenvalue weighted by molar-refractivity contribution is 5.79. The van der Waals surface area contributed by atoms with Gasteiger partial charge in [0.25, 0.3) is 0 Å². The van der Waals surface area contributed by atoms with Crippen molar-refractivity contribution in [2.75, 3.05) is 13.1 Å². The lowest BCUT2D eigenvalue weighted by Crippen LogP contribution is -2.29. The standard InChI is InChI=1S/C9H15NO2/c1-8(7-11)6-9(12)10-4-2-3-5-10/h7-8H,2-6H2,1H3. The van der Waals surface area contributed by atoms with Crippen LogP contribution in [0.5, 0.6) is 0 Å². The molecular formula is C9H15NO2. The minimum Gasteiger partial charge on any atom is -0.343 e. The number of rotatable bonds is 3. The Morgan fingerprint density at radius 3 is 2.58 bits per heavy atom. The first kappa shape index (κ1) is 9.23. The number of hydrogen-bond acceptors (Lipinski definition) is 2. The zero-order chi connectivity index (χ0) is 8.97. The quantitative estimate of drug-likeness (QED) is 0.587. The van der Waals surface area contributed by atoms with Crippen LogP contribution in [0.4, 0.5) is 0 Å². The van der Waals surface area contributed by atoms with E-state index >= 15 is 0 Å². The molecule has 0 aromatic carbocycles. The number of aldehydes is 1. The Labute approximate surface area is 72.7 Å². The van der Waals surface area contributed by atoms with Gasteiger partial charge in [0.2, 0.25) is 5.91 Å². The molecule has 0 radical (unpaired) electrons. The average Bonchev–Trinajstić information content (AvgIpc) is 2.56. The SMILES string of the molecule is CC(C=O)CC(=O)N1CCCC1. The van der Waals surface area contributed by atoms with Crippen LogP contribution in [0, 0.1) is 5.92 Å². The van der Waals surface area contributed by atoms with Crippen LogP contribution in [-0.2, 0) is 9.59 Å². The van der Waals surface area contributed by atoms with Gasteiger partial charge in [-0.25, -0.2) is 0 Å². The van der Waals surface area contributed by atoms with Gasteiger partial charge in [0.05, 0.1) is 0 Å². The summed E-state index contributed by atoms with van der Waals surface area (Å²) in [7, 11) is 0. The second kappa shape index (κ2) is 4.24. The molecule has 1 amide bonds. The Kier molecular flexibility index (Phi) is 3.26. The number of hydrogen-bond donors (Lipinski definition) is 0. The molecule has 0 aliphatic carbocycles. The monoisotopic (exact) mass is 169 g/mol. The third-order valence-electron chi connectivity index (χ3n) is 2.19. The van der Waals surface area contributed by atoms with Crippen LogP contribution in [-0.4, -0.2) is 30.2 Å². The third kappa shape index (κ3) is 2.32. The summed E-state index contributed by atoms with van der Waals surface area (Å²) in [6.07, 6.45) is 3.44. The maximum absolute atomic E-state index is 11.4. The van der Waals surface area contributed by atoms with Gasteiger partial charge in [-0.3, -0.25) is 4.79 Å². The zero-order valence-electron chi connectivity index (χ0n) is 7.45. The Bertz CT molecular complexity index is 173. The summed E-state index contributed by atoms with van der Waals surface area (Å²) in [4.78, 5) is 23.5. The van der Waals surface area contributed by atoms with Gasteiger partial charge in [0.1, 0.15) is 6.29 Å². The highest BCUT2D eigenvalue weighted by Crippen LogP contribution is 2.11. The van der Waals surface area contributed by atoms with Crippen molar-refractivity contribution in [1.29, 1.82) is 0 Å². The molecule has 1 aliphatic rings. The molecule has 3 heteroatoms. The summed E-state index contributed by atoms with van der Waals surface area (Å²) in [6, 6.07) is 0. The van der Waals surface area contributed by atoms with Crippen LogP contribution in [0.25, 0.3) is 0 Å². The van der Waals surface area contributed by atoms with E-state index in [1.54, 1.807) is 6.92 Å². The number of nitrogens with zero attached hydrogens (tertiary/aromatic N) is 1. The number of carbonyl (C=O) groups is 2. The van der Waals surface area contributed by atoms with Crippen LogP contribution < -0.4 is 0 Å². The molecular weight excluding hydrogens is 154 g/mol. The fraction of sp³-hybridized carbons (Fsp3) is 0.778. The molecule has 0 aromatic heterocycles. The van der Waals surface area contributed by atoms with Gasteiger partial charge in [0, 0.05) is 25.4 Å². The molecule has 1 heterocycles. The maximum Gasteiger partial charge on any atom is 0.223 e. The van der Waals surface area contributed by atoms with Crippen molar-refractivity contribution in [3.05, 3.63) is 0 Å². The van der Waals surface area contributed by atoms with E-state index < -0.39 is 0 Å². The molecule has 1 saturated heterocycles. The fourth-order valence-corrected chi connectivity index (χ4v) is 1.42. The van der Waals surface area contributed by atoms with Crippen LogP contribution in [0.3, 0.4) is 0 Å². The highest BCUT2D eigenvalue weighted by atomic mass is 16.2. The first-order chi connectivity index (χ1) is 5.74. The van der Waals surface area contributed by atoms with E-state index in [9.17, 15) is 9.59 Å². The largest absolute Gasteiger partial charge is 0.343 e. The minimum atomic E-state index is -0.127. The molecule has 68 valence electrons. The maximum atomic E-state index is 11.4. The van der Waals surface area contributed by atoms with Crippen molar-refractivity contribution in [2.45, 2.75) is 26.2 Å². The summed E-state index contributed by atoms with van der Waals surface area (Å²) in [6.45, 7) is 3.54. The summed E-state index contributed by atoms with van der Waals surface area (Å²) in [5, 5.41) is 0. The Morgan fingerprint density at radius 2 is 2.08 bits per heavy atom. The lowest BCUT2D eigenvalue weighted by atomic mass is 10.1. The molecule has 1 atom stereocenters. The first-order valence-electron chi connectivity index (χ1n) is 4.47. The second-order valence-corrected chi connectivity index (χ2v) is 3.41. The Balaban J connectivity index is 2.31. The molecule has 0 bridgehead atoms. The van der Waals surface area contributed by atoms with Crippen LogP contribution in [0.2, 0.25) is 0 Å². The predicted octanol–water partition coefficient (Wildman–Crippen LogP) is 0.834. The van der Waals surface area contributed by atoms with E-state index in [-0.39, 0.29) is 11.8 Å². The van der Waals surface area contributed by atoms with Crippen molar-refractivity contribution >= 4 is 12.2 Å². The molecule has 0 aromatic rings. The Hall–Kier alpha value is -0.860. The number of amides is 1. The van der Waals surface area contributed by atoms with E-state index in [1.807, 2.05) is 4.90 Å². The third-order valence-corrected chi connectivity index (χ3v) is 2.19. The smallest absolute Gasteiger partial charge is 0.223 e. The van der Waals surface area contributed by atoms with E-state index in [0.717, 1.165) is 32.2 Å². The Morgan fingerprint density at radius 1 is 1.50 bits per heavy atom. The van der Waals surface area contributed by atoms with Crippen LogP contribution in [0.15, 0.2) is 0 Å². The second-order valence-electron chi connectivity index (χ2n) is 3.41. The average molecular weight is 169 g/mol. The van der Waals surface area contributed by atoms with E-state index in [1.165, 1.54) is 0 Å². The van der Waals surface area contributed by atoms with Crippen molar-refractivity contribution in [2.24, 2.45) is 5.92 Å². The summed E-state index contributed by atoms with van der Waals surface area (Å²) >= 11 is 0. The van der Waals surface area contributed by atoms with E-state index in [2.05, 4.69) is 0 Å². The molecule has 1 unspecified atom stereocenters. The molecule has 3 nitrogen and oxygen atoms in total. The van der Waals surface area contributed by atoms with Crippen molar-refractivity contribution in [1.82, 2.24) is 4.90 Å². The van der Waals surface area contributed by atoms with Gasteiger partial charge in [0.15, 0.2) is 0 Å². The van der Waals surface area contributed by atoms with E-state index in [0.29, 0.717) is 6.42 Å². The fourth-order valence-electron chi connectivity index (χ4n) is 1.42. The zero-order valence-corrected chi connectivity index (χ0v) is 7.45. The lowest BCUT2D eigenvalue weighted by Gasteiger charge is -2.15. The van der Waals surface area contributed by atoms with Crippen molar-refractivity contribution in [3.8, 4) is 0 Å². The molecule has 0 saturated carbocycles. The van der Waals surface area contributed by atoms with Gasteiger partial charge < -0.3 is 9.69 Å². The minimum absolute atomic E-state index is 0.127. The lowest BCUT2D eigenvalue weighted by molar-refractivity contribution is -0.132. The van der Waals surface area contributed by atoms with E-state index in [4.69, 9.17) is 0 Å². The molecule has 0 N–H and O–H groups in total. The summed E-state index contributed by atoms with van der Waals surface area (Å²) in [5.41, 5.74) is 0. The topological polar surface area (TPSA) is 37.4 Å². The van der Waals surface area contributed by atoms with Gasteiger partial charge in [-0.1, -0.05) is 6.92 Å². The van der Waals surface area contributed by atoms with Crippen LogP contribution >= 0.6 is 0 Å². The molecule has 1 rings (SSSR count). The summed E-state index contributed by atoms with van der Waals surface area (Å²) < 4.78 is 0. The predicted molar refractivity (Wildman–Crippen MR) is 45.7 cm³/mol. The number of carbonyl (C=O) groups excluding carboxylic acids is 2. The molecule has 1 aliphatic heterocycles. The summed E-state index contributed by atoms with van der Waals surface area (Å²) in [5.74, 6) is 0.00481. The molecule has 12 heavy (non-hydrogen) atoms. The van der Waals surface area contributed by atoms with Gasteiger partial charge in [-0.2, -0.15) is 0 Å².